The highest BCUT2D eigenvalue weighted by atomic mass is 28.4. The van der Waals surface area contributed by atoms with E-state index in [9.17, 15) is 9.59 Å². The van der Waals surface area contributed by atoms with Crippen LogP contribution in [0.15, 0.2) is 72.9 Å². The summed E-state index contributed by atoms with van der Waals surface area (Å²) < 4.78 is 41.9. The predicted molar refractivity (Wildman–Crippen MR) is 293 cm³/mol. The molecule has 0 saturated carbocycles. The van der Waals surface area contributed by atoms with Crippen molar-refractivity contribution in [3.63, 3.8) is 0 Å². The lowest BCUT2D eigenvalue weighted by atomic mass is 10.0. The second-order valence-corrected chi connectivity index (χ2v) is 43.0. The van der Waals surface area contributed by atoms with Gasteiger partial charge in [-0.3, -0.25) is 9.59 Å². The summed E-state index contributed by atoms with van der Waals surface area (Å²) in [6, 6.07) is 0. The van der Waals surface area contributed by atoms with Gasteiger partial charge < -0.3 is 27.2 Å². The quantitative estimate of drug-likeness (QED) is 0.0416. The van der Waals surface area contributed by atoms with Crippen LogP contribution < -0.4 is 0 Å². The van der Waals surface area contributed by atoms with Crippen LogP contribution in [0.1, 0.15) is 148 Å². The average molecular weight is 992 g/mol. The summed E-state index contributed by atoms with van der Waals surface area (Å²) in [5, 5.41) is -0.638. The van der Waals surface area contributed by atoms with E-state index in [1.165, 1.54) is 6.92 Å². The van der Waals surface area contributed by atoms with Gasteiger partial charge in [0, 0.05) is 13.3 Å². The van der Waals surface area contributed by atoms with Crippen molar-refractivity contribution in [3.8, 4) is 0 Å². The van der Waals surface area contributed by atoms with Gasteiger partial charge in [0.2, 0.25) is 0 Å². The Balaban J connectivity index is 6.69. The van der Waals surface area contributed by atoms with Crippen molar-refractivity contribution >= 4 is 45.2 Å². The standard InChI is InChI=1S/C54H102O8Si4/c1-23-24-25-26-27-28-29-30-31-32-33-34-35-36-37-38-39-40-41-42-48(56)58-44-47(60-64(17,18)52(6,7)8)50(62-66(21,22)54(12,13)14)49(61-65(19,20)53(9,10)11)46(43-57-45(2)55)59-63(15,16)51(3,4)5/h24-25,27-28,30-31,33-34,36-37,39-40,46-47,49-50H,23,26,29,32,35,38,41-44H2,1-22H3/b25-24-,28-27-,31-30-,34-33-,37-36-,40-39-/t46-,47-,49-,50-/m1/s1. The van der Waals surface area contributed by atoms with Gasteiger partial charge in [-0.05, 0) is 117 Å². The van der Waals surface area contributed by atoms with Crippen LogP contribution in [0.5, 0.6) is 0 Å². The molecule has 0 rings (SSSR count). The number of esters is 2. The molecule has 66 heavy (non-hydrogen) atoms. The van der Waals surface area contributed by atoms with Crippen LogP contribution in [0.25, 0.3) is 0 Å². The van der Waals surface area contributed by atoms with E-state index < -0.39 is 57.7 Å². The third-order valence-electron chi connectivity index (χ3n) is 14.0. The van der Waals surface area contributed by atoms with Crippen LogP contribution >= 0.6 is 0 Å². The summed E-state index contributed by atoms with van der Waals surface area (Å²) in [4.78, 5) is 26.2. The largest absolute Gasteiger partial charge is 0.463 e. The van der Waals surface area contributed by atoms with Crippen molar-refractivity contribution in [2.24, 2.45) is 0 Å². The molecule has 0 heterocycles. The lowest BCUT2D eigenvalue weighted by Gasteiger charge is -2.51. The van der Waals surface area contributed by atoms with Crippen molar-refractivity contribution in [2.75, 3.05) is 13.2 Å². The Hall–Kier alpha value is -1.91. The minimum Gasteiger partial charge on any atom is -0.463 e. The van der Waals surface area contributed by atoms with Crippen LogP contribution in [-0.4, -0.2) is 82.8 Å². The Morgan fingerprint density at radius 1 is 0.424 bits per heavy atom. The topological polar surface area (TPSA) is 89.5 Å². The minimum atomic E-state index is -2.58. The third-order valence-corrected chi connectivity index (χ3v) is 32.0. The number of rotatable bonds is 29. The zero-order valence-electron chi connectivity index (χ0n) is 46.6. The van der Waals surface area contributed by atoms with Gasteiger partial charge >= 0.3 is 11.9 Å². The fraction of sp³-hybridized carbons (Fsp3) is 0.741. The van der Waals surface area contributed by atoms with Crippen molar-refractivity contribution in [2.45, 2.75) is 245 Å². The van der Waals surface area contributed by atoms with Crippen molar-refractivity contribution in [1.82, 2.24) is 0 Å². The van der Waals surface area contributed by atoms with Gasteiger partial charge in [0.1, 0.15) is 37.6 Å². The Morgan fingerprint density at radius 3 is 0.985 bits per heavy atom. The molecule has 4 atom stereocenters. The first-order valence-corrected chi connectivity index (χ1v) is 36.6. The molecule has 0 aromatic rings. The van der Waals surface area contributed by atoms with Gasteiger partial charge in [-0.1, -0.05) is 163 Å². The summed E-state index contributed by atoms with van der Waals surface area (Å²) in [7, 11) is -10.2. The molecule has 0 saturated heterocycles. The Bertz CT molecular complexity index is 1590. The molecule has 0 aliphatic heterocycles. The van der Waals surface area contributed by atoms with E-state index in [-0.39, 0.29) is 51.7 Å². The van der Waals surface area contributed by atoms with Crippen LogP contribution in [0.2, 0.25) is 72.5 Å². The molecule has 0 aliphatic rings. The number of carbonyl (C=O) groups excluding carboxylic acids is 2. The van der Waals surface area contributed by atoms with Gasteiger partial charge in [-0.25, -0.2) is 0 Å². The lowest BCUT2D eigenvalue weighted by Crippen LogP contribution is -2.63. The predicted octanol–water partition coefficient (Wildman–Crippen LogP) is 16.1. The second-order valence-electron chi connectivity index (χ2n) is 24.0. The molecule has 8 nitrogen and oxygen atoms in total. The highest BCUT2D eigenvalue weighted by Crippen LogP contribution is 2.45. The van der Waals surface area contributed by atoms with E-state index >= 15 is 0 Å². The summed E-state index contributed by atoms with van der Waals surface area (Å²) in [6.07, 6.45) is 29.9. The molecule has 0 fully saturated rings. The first-order valence-electron chi connectivity index (χ1n) is 24.9. The molecule has 0 amide bonds. The molecule has 0 N–H and O–H groups in total. The zero-order chi connectivity index (χ0) is 51.3. The number of carbonyl (C=O) groups is 2. The zero-order valence-corrected chi connectivity index (χ0v) is 50.6. The molecule has 12 heteroatoms. The minimum absolute atomic E-state index is 0.00292. The maximum atomic E-state index is 13.6. The fourth-order valence-electron chi connectivity index (χ4n) is 5.53. The normalized spacial score (nSPS) is 16.4. The smallest absolute Gasteiger partial charge is 0.306 e. The molecular formula is C54H102O8Si4. The third kappa shape index (κ3) is 24.6. The Morgan fingerprint density at radius 2 is 0.697 bits per heavy atom. The number of hydrogen-bond donors (Lipinski definition) is 0. The molecule has 0 spiro atoms. The van der Waals surface area contributed by atoms with Gasteiger partial charge in [0.05, 0.1) is 0 Å². The molecular weight excluding hydrogens is 889 g/mol. The SMILES string of the molecule is CC/C=C\C/C=C\C/C=C\C/C=C\C/C=C\C/C=C\CCC(=O)OC[C@@H](O[Si](C)(C)C(C)(C)C)[C@@H](O[Si](C)(C)C(C)(C)C)[C@H](O[Si](C)(C)C(C)(C)C)[C@@H](COC(C)=O)O[Si](C)(C)C(C)(C)C. The molecule has 0 aliphatic carbocycles. The van der Waals surface area contributed by atoms with Crippen LogP contribution in [-0.2, 0) is 36.8 Å². The van der Waals surface area contributed by atoms with Crippen molar-refractivity contribution in [1.29, 1.82) is 0 Å². The molecule has 0 unspecified atom stereocenters. The summed E-state index contributed by atoms with van der Waals surface area (Å²) in [5.41, 5.74) is 0. The van der Waals surface area contributed by atoms with Crippen molar-refractivity contribution in [3.05, 3.63) is 72.9 Å². The first-order chi connectivity index (χ1) is 30.0. The van der Waals surface area contributed by atoms with Gasteiger partial charge in [0.25, 0.3) is 0 Å². The van der Waals surface area contributed by atoms with E-state index in [1.54, 1.807) is 0 Å². The highest BCUT2D eigenvalue weighted by Gasteiger charge is 2.53. The lowest BCUT2D eigenvalue weighted by molar-refractivity contribution is -0.156. The van der Waals surface area contributed by atoms with Crippen LogP contribution in [0.4, 0.5) is 0 Å². The van der Waals surface area contributed by atoms with E-state index in [1.807, 2.05) is 0 Å². The summed E-state index contributed by atoms with van der Waals surface area (Å²) >= 11 is 0. The summed E-state index contributed by atoms with van der Waals surface area (Å²) in [5.74, 6) is -0.679. The molecule has 0 aromatic carbocycles. The van der Waals surface area contributed by atoms with Gasteiger partial charge in [-0.15, -0.1) is 0 Å². The van der Waals surface area contributed by atoms with Crippen LogP contribution in [0.3, 0.4) is 0 Å². The maximum Gasteiger partial charge on any atom is 0.306 e. The van der Waals surface area contributed by atoms with Crippen LogP contribution in [0, 0.1) is 0 Å². The fourth-order valence-corrected chi connectivity index (χ4v) is 10.8. The Labute approximate surface area is 411 Å². The van der Waals surface area contributed by atoms with E-state index in [4.69, 9.17) is 27.2 Å². The maximum absolute atomic E-state index is 13.6. The van der Waals surface area contributed by atoms with E-state index in [2.05, 4.69) is 215 Å². The molecule has 0 radical (unpaired) electrons. The van der Waals surface area contributed by atoms with Gasteiger partial charge in [0.15, 0.2) is 33.3 Å². The molecule has 0 bridgehead atoms. The first kappa shape index (κ1) is 64.1. The van der Waals surface area contributed by atoms with E-state index in [0.29, 0.717) is 6.42 Å². The van der Waals surface area contributed by atoms with Crippen molar-refractivity contribution < 1.29 is 36.8 Å². The monoisotopic (exact) mass is 991 g/mol. The second kappa shape index (κ2) is 28.7. The van der Waals surface area contributed by atoms with Gasteiger partial charge in [-0.2, -0.15) is 0 Å². The Kier molecular flexibility index (Phi) is 27.8. The molecule has 382 valence electrons. The number of ether oxygens (including phenoxy) is 2. The number of allylic oxidation sites excluding steroid dienone is 12. The number of hydrogen-bond acceptors (Lipinski definition) is 8. The van der Waals surface area contributed by atoms with E-state index in [0.717, 1.165) is 38.5 Å². The highest BCUT2D eigenvalue weighted by molar-refractivity contribution is 6.75. The average Bonchev–Trinajstić information content (AvgIpc) is 3.15. The summed E-state index contributed by atoms with van der Waals surface area (Å²) in [6.45, 7) is 48.0. The molecule has 0 aromatic heterocycles.